The summed E-state index contributed by atoms with van der Waals surface area (Å²) in [5.74, 6) is 0.0353. The van der Waals surface area contributed by atoms with Crippen molar-refractivity contribution in [1.82, 2.24) is 19.5 Å². The van der Waals surface area contributed by atoms with Crippen molar-refractivity contribution < 1.29 is 72.5 Å². The summed E-state index contributed by atoms with van der Waals surface area (Å²) >= 11 is 0. The summed E-state index contributed by atoms with van der Waals surface area (Å²) < 4.78 is 102. The molecule has 3 N–H and O–H groups in total. The number of nitrogens with zero attached hydrogens (tertiary/aromatic N) is 4. The number of imidazole rings is 1. The van der Waals surface area contributed by atoms with Gasteiger partial charge in [0.25, 0.3) is 10.1 Å². The van der Waals surface area contributed by atoms with Crippen molar-refractivity contribution in [2.75, 3.05) is 31.4 Å². The number of hydrogen-bond acceptors (Lipinski definition) is 19. The van der Waals surface area contributed by atoms with Crippen LogP contribution >= 0.6 is 7.60 Å². The van der Waals surface area contributed by atoms with E-state index in [0.717, 1.165) is 0 Å². The van der Waals surface area contributed by atoms with Crippen LogP contribution in [0.25, 0.3) is 11.2 Å². The van der Waals surface area contributed by atoms with Crippen molar-refractivity contribution in [3.63, 3.8) is 0 Å². The summed E-state index contributed by atoms with van der Waals surface area (Å²) in [5.41, 5.74) is 6.72. The molecule has 2 rings (SSSR count). The molecular formula is C21H36N5O16PS2. The predicted molar refractivity (Wildman–Crippen MR) is 152 cm³/mol. The van der Waals surface area contributed by atoms with E-state index in [4.69, 9.17) is 55.6 Å². The Bertz CT molecular complexity index is 1450. The second kappa shape index (κ2) is 20.5. The minimum absolute atomic E-state index is 0.201. The number of anilines is 1. The van der Waals surface area contributed by atoms with E-state index in [1.807, 2.05) is 0 Å². The Morgan fingerprint density at radius 2 is 1.44 bits per heavy atom. The smallest absolute Gasteiger partial charge is 0.432 e. The molecule has 0 saturated carbocycles. The molecule has 0 saturated heterocycles. The van der Waals surface area contributed by atoms with E-state index in [1.54, 1.807) is 39.2 Å². The maximum Gasteiger partial charge on any atom is 0.510 e. The second-order valence-electron chi connectivity index (χ2n) is 8.74. The molecule has 0 radical (unpaired) electrons. The van der Waals surface area contributed by atoms with Crippen molar-refractivity contribution in [2.24, 2.45) is 0 Å². The molecule has 0 fully saturated rings. The number of hydrogen-bond donors (Lipinski definition) is 2. The molecule has 0 bridgehead atoms. The normalized spacial score (nSPS) is 11.9. The lowest BCUT2D eigenvalue weighted by Crippen LogP contribution is -2.20. The number of carbonyl (C=O) groups is 2. The Morgan fingerprint density at radius 1 is 0.978 bits per heavy atom. The van der Waals surface area contributed by atoms with E-state index in [0.29, 0.717) is 11.2 Å². The number of nitrogen functional groups attached to an aromatic ring is 1. The molecule has 2 aromatic heterocycles. The fourth-order valence-corrected chi connectivity index (χ4v) is 3.54. The van der Waals surface area contributed by atoms with Crippen LogP contribution < -0.4 is 5.73 Å². The second-order valence-corrected chi connectivity index (χ2v) is 12.9. The molecule has 258 valence electrons. The molecule has 0 aliphatic carbocycles. The SMILES string of the molecule is CC(C)OC(=O)OCOP(=O)(CO[C@@H](C)Cn1cnc2c(N)ncnc21)OCOC(=O)OC(C)C.CCS(=O)(=O)O.O=S(=O)=O. The highest BCUT2D eigenvalue weighted by atomic mass is 32.2. The molecule has 2 aromatic rings. The average Bonchev–Trinajstić information content (AvgIpc) is 3.30. The Kier molecular flexibility index (Phi) is 19.0. The van der Waals surface area contributed by atoms with Crippen molar-refractivity contribution in [2.45, 2.75) is 66.4 Å². The van der Waals surface area contributed by atoms with Gasteiger partial charge in [-0.3, -0.25) is 18.2 Å². The maximum atomic E-state index is 13.1. The van der Waals surface area contributed by atoms with E-state index in [1.165, 1.54) is 19.6 Å². The van der Waals surface area contributed by atoms with Crippen molar-refractivity contribution >= 4 is 57.6 Å². The molecule has 2 heterocycles. The largest absolute Gasteiger partial charge is 0.510 e. The maximum absolute atomic E-state index is 13.1. The molecule has 45 heavy (non-hydrogen) atoms. The average molecular weight is 710 g/mol. The highest BCUT2D eigenvalue weighted by Crippen LogP contribution is 2.48. The first kappa shape index (κ1) is 41.5. The van der Waals surface area contributed by atoms with Gasteiger partial charge >= 0.3 is 30.5 Å². The van der Waals surface area contributed by atoms with Crippen LogP contribution in [-0.2, 0) is 64.6 Å². The minimum atomic E-state index is -4.06. The van der Waals surface area contributed by atoms with Gasteiger partial charge in [0.05, 0.1) is 36.9 Å². The zero-order valence-electron chi connectivity index (χ0n) is 25.1. The van der Waals surface area contributed by atoms with E-state index in [2.05, 4.69) is 15.0 Å². The Balaban J connectivity index is 0.00000167. The number of rotatable bonds is 14. The summed E-state index contributed by atoms with van der Waals surface area (Å²) in [4.78, 5) is 35.2. The first-order valence-electron chi connectivity index (χ1n) is 12.6. The van der Waals surface area contributed by atoms with Crippen LogP contribution in [0, 0.1) is 0 Å². The highest BCUT2D eigenvalue weighted by molar-refractivity contribution is 7.85. The zero-order valence-corrected chi connectivity index (χ0v) is 27.7. The van der Waals surface area contributed by atoms with Gasteiger partial charge in [-0.15, -0.1) is 12.6 Å². The van der Waals surface area contributed by atoms with Gasteiger partial charge in [-0.2, -0.15) is 8.42 Å². The monoisotopic (exact) mass is 709 g/mol. The van der Waals surface area contributed by atoms with E-state index >= 15 is 0 Å². The van der Waals surface area contributed by atoms with Crippen molar-refractivity contribution in [3.8, 4) is 0 Å². The van der Waals surface area contributed by atoms with Crippen LogP contribution in [0.3, 0.4) is 0 Å². The van der Waals surface area contributed by atoms with Gasteiger partial charge in [-0.05, 0) is 41.5 Å². The standard InChI is InChI=1S/C19H30N5O10P.C2H6O3S.O3S/c1-12(2)33-18(25)28-9-31-35(27,32-10-29-19(26)34-13(3)4)11-30-14(5)6-24-8-23-15-16(20)21-7-22-17(15)24;1-2-6(3,4)5;1-4(2)3/h7-8,12-14H,6,9-11H2,1-5H3,(H2,20,21,22);2H2,1H3,(H,3,4,5);/t14-;;/m0../s1. The number of ether oxygens (including phenoxy) is 5. The predicted octanol–water partition coefficient (Wildman–Crippen LogP) is 1.93. The number of fused-ring (bicyclic) bond motifs is 1. The van der Waals surface area contributed by atoms with Gasteiger partial charge in [0, 0.05) is 0 Å². The first-order valence-corrected chi connectivity index (χ1v) is 16.9. The molecule has 0 aromatic carbocycles. The summed E-state index contributed by atoms with van der Waals surface area (Å²) in [6.07, 6.45) is -1.14. The topological polar surface area (TPSA) is 291 Å². The van der Waals surface area contributed by atoms with E-state index in [9.17, 15) is 22.6 Å². The molecular weight excluding hydrogens is 673 g/mol. The minimum Gasteiger partial charge on any atom is -0.432 e. The molecule has 0 aliphatic rings. The fraction of sp³-hybridized carbons (Fsp3) is 0.667. The third-order valence-electron chi connectivity index (χ3n) is 4.28. The summed E-state index contributed by atoms with van der Waals surface area (Å²) in [7, 11) is -10.8. The van der Waals surface area contributed by atoms with Crippen molar-refractivity contribution in [1.29, 1.82) is 0 Å². The number of aromatic nitrogens is 4. The van der Waals surface area contributed by atoms with Crippen LogP contribution in [-0.4, -0.2) is 101 Å². The van der Waals surface area contributed by atoms with Gasteiger partial charge in [0.1, 0.15) is 18.2 Å². The van der Waals surface area contributed by atoms with Crippen molar-refractivity contribution in [3.05, 3.63) is 12.7 Å². The molecule has 21 nitrogen and oxygen atoms in total. The van der Waals surface area contributed by atoms with Crippen LogP contribution in [0.2, 0.25) is 0 Å². The lowest BCUT2D eigenvalue weighted by molar-refractivity contribution is -0.0369. The summed E-state index contributed by atoms with van der Waals surface area (Å²) in [6.45, 7) is 8.35. The fourth-order valence-electron chi connectivity index (χ4n) is 2.45. The molecule has 1 atom stereocenters. The van der Waals surface area contributed by atoms with Gasteiger partial charge in [-0.1, -0.05) is 0 Å². The Hall–Kier alpha value is -3.47. The lowest BCUT2D eigenvalue weighted by atomic mass is 10.4. The van der Waals surface area contributed by atoms with Gasteiger partial charge in [0.15, 0.2) is 11.5 Å². The van der Waals surface area contributed by atoms with E-state index in [-0.39, 0.29) is 18.1 Å². The molecule has 0 spiro atoms. The third kappa shape index (κ3) is 20.2. The van der Waals surface area contributed by atoms with Crippen LogP contribution in [0.4, 0.5) is 15.4 Å². The van der Waals surface area contributed by atoms with Gasteiger partial charge in [-0.25, -0.2) is 24.5 Å². The quantitative estimate of drug-likeness (QED) is 0.122. The number of carbonyl (C=O) groups excluding carboxylic acids is 2. The van der Waals surface area contributed by atoms with Crippen LogP contribution in [0.1, 0.15) is 41.5 Å². The van der Waals surface area contributed by atoms with Crippen LogP contribution in [0.15, 0.2) is 12.7 Å². The summed E-state index contributed by atoms with van der Waals surface area (Å²) in [6, 6.07) is 0. The molecule has 0 aliphatic heterocycles. The molecule has 0 amide bonds. The molecule has 0 unspecified atom stereocenters. The Morgan fingerprint density at radius 3 is 1.87 bits per heavy atom. The lowest BCUT2D eigenvalue weighted by Gasteiger charge is -2.21. The molecule has 24 heteroatoms. The summed E-state index contributed by atoms with van der Waals surface area (Å²) in [5, 5.41) is 0. The van der Waals surface area contributed by atoms with E-state index < -0.39 is 78.9 Å². The van der Waals surface area contributed by atoms with Gasteiger partial charge < -0.3 is 34.0 Å². The van der Waals surface area contributed by atoms with Gasteiger partial charge in [0.2, 0.25) is 13.6 Å². The number of nitrogens with two attached hydrogens (primary N) is 1. The van der Waals surface area contributed by atoms with Crippen LogP contribution in [0.5, 0.6) is 0 Å². The third-order valence-corrected chi connectivity index (χ3v) is 6.47. The first-order chi connectivity index (χ1) is 20.8. The highest BCUT2D eigenvalue weighted by Gasteiger charge is 2.29. The zero-order chi connectivity index (χ0) is 34.8. The Labute approximate surface area is 260 Å².